The molecule has 0 radical (unpaired) electrons. The third-order valence-electron chi connectivity index (χ3n) is 8.16. The van der Waals surface area contributed by atoms with Gasteiger partial charge in [-0.2, -0.15) is 0 Å². The number of hydroxylamine groups is 1. The highest BCUT2D eigenvalue weighted by molar-refractivity contribution is 6.02. The maximum atomic E-state index is 12.4. The normalized spacial score (nSPS) is 19.0. The Balaban J connectivity index is 1.22. The van der Waals surface area contributed by atoms with Gasteiger partial charge in [0.05, 0.1) is 36.8 Å². The van der Waals surface area contributed by atoms with Crippen LogP contribution in [0, 0.1) is 5.92 Å². The molecule has 220 valence electrons. The number of ether oxygens (including phenoxy) is 1. The summed E-state index contributed by atoms with van der Waals surface area (Å²) in [6.45, 7) is 9.24. The van der Waals surface area contributed by atoms with Gasteiger partial charge in [-0.25, -0.2) is 15.0 Å². The first-order valence-corrected chi connectivity index (χ1v) is 14.8. The lowest BCUT2D eigenvalue weighted by Gasteiger charge is -2.37. The first kappa shape index (κ1) is 28.0. The molecule has 1 aromatic heterocycles. The van der Waals surface area contributed by atoms with Gasteiger partial charge < -0.3 is 20.3 Å². The Morgan fingerprint density at radius 1 is 1.07 bits per heavy atom. The fourth-order valence-corrected chi connectivity index (χ4v) is 5.73. The molecule has 2 saturated heterocycles. The van der Waals surface area contributed by atoms with E-state index < -0.39 is 0 Å². The summed E-state index contributed by atoms with van der Waals surface area (Å²) in [5, 5.41) is 8.28. The maximum Gasteiger partial charge on any atom is 0.247 e. The Hall–Kier alpha value is -4.15. The number of piperazine rings is 1. The molecule has 10 heteroatoms. The molecular formula is C32H39N7O3. The van der Waals surface area contributed by atoms with E-state index in [2.05, 4.69) is 61.2 Å². The maximum absolute atomic E-state index is 12.4. The van der Waals surface area contributed by atoms with Gasteiger partial charge in [0.1, 0.15) is 17.9 Å². The summed E-state index contributed by atoms with van der Waals surface area (Å²) in [4.78, 5) is 32.3. The minimum Gasteiger partial charge on any atom is -0.494 e. The van der Waals surface area contributed by atoms with Crippen molar-refractivity contribution in [2.45, 2.75) is 31.7 Å². The monoisotopic (exact) mass is 569 g/mol. The average Bonchev–Trinajstić information content (AvgIpc) is 3.72. The molecule has 3 aliphatic rings. The summed E-state index contributed by atoms with van der Waals surface area (Å²) >= 11 is 0. The second kappa shape index (κ2) is 12.8. The molecule has 0 bridgehead atoms. The van der Waals surface area contributed by atoms with E-state index in [4.69, 9.17) is 9.57 Å². The first-order valence-electron chi connectivity index (χ1n) is 14.8. The van der Waals surface area contributed by atoms with E-state index in [0.717, 1.165) is 50.6 Å². The van der Waals surface area contributed by atoms with Gasteiger partial charge in [0.2, 0.25) is 5.91 Å². The molecule has 3 fully saturated rings. The Labute approximate surface area is 247 Å². The number of nitrogens with zero attached hydrogens (tertiary/aromatic N) is 5. The largest absolute Gasteiger partial charge is 0.494 e. The van der Waals surface area contributed by atoms with Gasteiger partial charge >= 0.3 is 0 Å². The summed E-state index contributed by atoms with van der Waals surface area (Å²) in [5.74, 6) is 2.54. The van der Waals surface area contributed by atoms with E-state index in [9.17, 15) is 4.79 Å². The second-order valence-electron chi connectivity index (χ2n) is 11.2. The van der Waals surface area contributed by atoms with E-state index in [-0.39, 0.29) is 11.9 Å². The Morgan fingerprint density at radius 2 is 1.88 bits per heavy atom. The van der Waals surface area contributed by atoms with Crippen LogP contribution in [0.1, 0.15) is 24.8 Å². The zero-order chi connectivity index (χ0) is 28.9. The molecule has 10 nitrogen and oxygen atoms in total. The van der Waals surface area contributed by atoms with Crippen LogP contribution in [-0.2, 0) is 16.1 Å². The van der Waals surface area contributed by atoms with E-state index in [1.165, 1.54) is 37.4 Å². The molecule has 2 aromatic carbocycles. The first-order chi connectivity index (χ1) is 20.6. The summed E-state index contributed by atoms with van der Waals surface area (Å²) in [5.41, 5.74) is 3.56. The number of benzene rings is 2. The molecule has 6 rings (SSSR count). The lowest BCUT2D eigenvalue weighted by molar-refractivity contribution is -0.111. The van der Waals surface area contributed by atoms with Crippen LogP contribution < -0.4 is 25.3 Å². The lowest BCUT2D eigenvalue weighted by Crippen LogP contribution is -2.47. The van der Waals surface area contributed by atoms with Crippen molar-refractivity contribution < 1.29 is 14.4 Å². The molecule has 1 aliphatic carbocycles. The number of carbonyl (C=O) groups excluding carboxylic acids is 1. The molecule has 0 unspecified atom stereocenters. The number of nitrogens with one attached hydrogen (secondary N) is 2. The molecule has 3 heterocycles. The topological polar surface area (TPSA) is 95.1 Å². The van der Waals surface area contributed by atoms with Crippen molar-refractivity contribution in [3.63, 3.8) is 0 Å². The van der Waals surface area contributed by atoms with Gasteiger partial charge in [-0.15, -0.1) is 0 Å². The summed E-state index contributed by atoms with van der Waals surface area (Å²) in [6, 6.07) is 16.3. The summed E-state index contributed by atoms with van der Waals surface area (Å²) in [6.07, 6.45) is 7.31. The van der Waals surface area contributed by atoms with Gasteiger partial charge in [-0.3, -0.25) is 14.5 Å². The predicted molar refractivity (Wildman–Crippen MR) is 165 cm³/mol. The highest BCUT2D eigenvalue weighted by atomic mass is 16.7. The van der Waals surface area contributed by atoms with Crippen LogP contribution in [0.15, 0.2) is 67.5 Å². The lowest BCUT2D eigenvalue weighted by atomic mass is 10.0. The van der Waals surface area contributed by atoms with E-state index in [1.807, 2.05) is 29.3 Å². The molecule has 42 heavy (non-hydrogen) atoms. The van der Waals surface area contributed by atoms with E-state index in [0.29, 0.717) is 35.4 Å². The van der Waals surface area contributed by atoms with Crippen molar-refractivity contribution in [3.05, 3.63) is 73.1 Å². The molecule has 1 amide bonds. The van der Waals surface area contributed by atoms with Crippen molar-refractivity contribution in [1.82, 2.24) is 14.9 Å². The van der Waals surface area contributed by atoms with Crippen molar-refractivity contribution in [1.29, 1.82) is 0 Å². The fraction of sp³-hybridized carbons (Fsp3) is 0.406. The molecule has 1 saturated carbocycles. The Bertz CT molecular complexity index is 1390. The van der Waals surface area contributed by atoms with Gasteiger partial charge in [0.15, 0.2) is 5.82 Å². The van der Waals surface area contributed by atoms with Gasteiger partial charge in [0, 0.05) is 44.9 Å². The van der Waals surface area contributed by atoms with Crippen LogP contribution in [0.2, 0.25) is 0 Å². The fourth-order valence-electron chi connectivity index (χ4n) is 5.73. The van der Waals surface area contributed by atoms with Crippen LogP contribution in [0.25, 0.3) is 0 Å². The third-order valence-corrected chi connectivity index (χ3v) is 8.16. The Morgan fingerprint density at radius 3 is 2.62 bits per heavy atom. The minimum absolute atomic E-state index is 0.175. The quantitative estimate of drug-likeness (QED) is 0.320. The smallest absolute Gasteiger partial charge is 0.247 e. The molecule has 3 aromatic rings. The number of rotatable bonds is 11. The van der Waals surface area contributed by atoms with Gasteiger partial charge in [-0.1, -0.05) is 36.9 Å². The zero-order valence-corrected chi connectivity index (χ0v) is 24.2. The summed E-state index contributed by atoms with van der Waals surface area (Å²) in [7, 11) is 1.65. The van der Waals surface area contributed by atoms with Gasteiger partial charge in [0.25, 0.3) is 0 Å². The molecule has 0 spiro atoms. The van der Waals surface area contributed by atoms with Crippen molar-refractivity contribution >= 4 is 34.6 Å². The molecular weight excluding hydrogens is 530 g/mol. The van der Waals surface area contributed by atoms with E-state index >= 15 is 0 Å². The van der Waals surface area contributed by atoms with Crippen LogP contribution in [-0.4, -0.2) is 73.3 Å². The van der Waals surface area contributed by atoms with Crippen LogP contribution in [0.4, 0.5) is 28.7 Å². The van der Waals surface area contributed by atoms with Crippen molar-refractivity contribution in [2.24, 2.45) is 5.92 Å². The zero-order valence-electron chi connectivity index (χ0n) is 24.2. The Kier molecular flexibility index (Phi) is 8.52. The highest BCUT2D eigenvalue weighted by Crippen LogP contribution is 2.39. The average molecular weight is 570 g/mol. The second-order valence-corrected chi connectivity index (χ2v) is 11.2. The number of methoxy groups -OCH3 is 1. The summed E-state index contributed by atoms with van der Waals surface area (Å²) < 4.78 is 5.82. The SMILES string of the molecule is C=CC(=O)Nc1cc(Nc2cc(N3OCC[C@H]3Cc3ccccc3)ncn2)c(OC)cc1N1CCN(CC2CC2)CC1. The molecule has 2 N–H and O–H groups in total. The van der Waals surface area contributed by atoms with Crippen LogP contribution in [0.3, 0.4) is 0 Å². The minimum atomic E-state index is -0.264. The third kappa shape index (κ3) is 6.66. The number of amides is 1. The van der Waals surface area contributed by atoms with E-state index in [1.54, 1.807) is 7.11 Å². The number of hydrogen-bond donors (Lipinski definition) is 2. The van der Waals surface area contributed by atoms with Crippen molar-refractivity contribution in [3.8, 4) is 5.75 Å². The number of anilines is 5. The number of carbonyl (C=O) groups is 1. The highest BCUT2D eigenvalue weighted by Gasteiger charge is 2.29. The molecule has 1 atom stereocenters. The van der Waals surface area contributed by atoms with Crippen molar-refractivity contribution in [2.75, 3.05) is 67.0 Å². The van der Waals surface area contributed by atoms with Crippen LogP contribution >= 0.6 is 0 Å². The number of hydrogen-bond acceptors (Lipinski definition) is 9. The predicted octanol–water partition coefficient (Wildman–Crippen LogP) is 4.64. The van der Waals surface area contributed by atoms with Gasteiger partial charge in [-0.05, 0) is 49.3 Å². The molecule has 2 aliphatic heterocycles. The van der Waals surface area contributed by atoms with Crippen LogP contribution in [0.5, 0.6) is 5.75 Å². The standard InChI is InChI=1S/C32H39N7O3/c1-3-32(40)36-26-18-27(29(41-2)19-28(26)38-14-12-37(13-15-38)21-24-9-10-24)35-30-20-31(34-22-33-30)39-25(11-16-42-39)17-23-7-5-4-6-8-23/h3-8,18-20,22,24-25H,1,9-17,21H2,2H3,(H,36,40)(H,33,34,35)/t25-/m0/s1. The number of aromatic nitrogens is 2.